The van der Waals surface area contributed by atoms with Crippen molar-refractivity contribution >= 4 is 15.9 Å². The maximum Gasteiger partial charge on any atom is 0.223 e. The van der Waals surface area contributed by atoms with Crippen LogP contribution in [0.15, 0.2) is 0 Å². The Labute approximate surface area is 102 Å². The van der Waals surface area contributed by atoms with E-state index in [1.54, 1.807) is 7.11 Å². The van der Waals surface area contributed by atoms with E-state index in [9.17, 15) is 13.2 Å². The molecule has 1 saturated heterocycles. The van der Waals surface area contributed by atoms with Crippen LogP contribution in [0.3, 0.4) is 0 Å². The second kappa shape index (κ2) is 6.32. The van der Waals surface area contributed by atoms with Gasteiger partial charge in [-0.2, -0.15) is 0 Å². The van der Waals surface area contributed by atoms with Crippen molar-refractivity contribution in [1.29, 1.82) is 0 Å². The number of rotatable bonds is 5. The van der Waals surface area contributed by atoms with E-state index >= 15 is 0 Å². The van der Waals surface area contributed by atoms with E-state index in [-0.39, 0.29) is 11.8 Å². The molecule has 0 atom stereocenters. The maximum atomic E-state index is 11.7. The molecule has 1 heterocycles. The van der Waals surface area contributed by atoms with Gasteiger partial charge in [0.2, 0.25) is 15.9 Å². The molecule has 0 aromatic rings. The molecule has 100 valence electrons. The van der Waals surface area contributed by atoms with Gasteiger partial charge in [0.25, 0.3) is 0 Å². The van der Waals surface area contributed by atoms with Crippen molar-refractivity contribution in [2.45, 2.75) is 12.8 Å². The fraction of sp³-hybridized carbons (Fsp3) is 0.900. The minimum absolute atomic E-state index is 0.00444. The van der Waals surface area contributed by atoms with Gasteiger partial charge in [0.1, 0.15) is 0 Å². The Balaban J connectivity index is 2.34. The van der Waals surface area contributed by atoms with Crippen LogP contribution in [-0.4, -0.2) is 58.2 Å². The number of hydrogen-bond acceptors (Lipinski definition) is 4. The molecule has 7 heteroatoms. The summed E-state index contributed by atoms with van der Waals surface area (Å²) in [6.45, 7) is 1.86. The van der Waals surface area contributed by atoms with Gasteiger partial charge in [0.15, 0.2) is 0 Å². The molecular weight excluding hydrogens is 244 g/mol. The number of hydrogen-bond donors (Lipinski definition) is 1. The van der Waals surface area contributed by atoms with E-state index in [2.05, 4.69) is 5.32 Å². The summed E-state index contributed by atoms with van der Waals surface area (Å²) in [4.78, 5) is 11.7. The van der Waals surface area contributed by atoms with Crippen LogP contribution in [0.25, 0.3) is 0 Å². The molecule has 1 aliphatic heterocycles. The number of carbonyl (C=O) groups excluding carboxylic acids is 1. The standard InChI is InChI=1S/C10H20N2O4S/c1-16-8-5-11-10(13)9-3-6-12(7-4-9)17(2,14)15/h9H,3-8H2,1-2H3,(H,11,13). The minimum atomic E-state index is -3.11. The number of carbonyl (C=O) groups is 1. The van der Waals surface area contributed by atoms with Crippen molar-refractivity contribution in [2.75, 3.05) is 39.6 Å². The van der Waals surface area contributed by atoms with Gasteiger partial charge >= 0.3 is 0 Å². The fourth-order valence-corrected chi connectivity index (χ4v) is 2.74. The first kappa shape index (κ1) is 14.4. The minimum Gasteiger partial charge on any atom is -0.383 e. The van der Waals surface area contributed by atoms with Crippen LogP contribution >= 0.6 is 0 Å². The number of nitrogens with one attached hydrogen (secondary N) is 1. The predicted octanol–water partition coefficient (Wildman–Crippen LogP) is -0.579. The van der Waals surface area contributed by atoms with Crippen LogP contribution in [-0.2, 0) is 19.6 Å². The lowest BCUT2D eigenvalue weighted by Gasteiger charge is -2.29. The van der Waals surface area contributed by atoms with Crippen molar-refractivity contribution in [3.63, 3.8) is 0 Å². The lowest BCUT2D eigenvalue weighted by molar-refractivity contribution is -0.126. The van der Waals surface area contributed by atoms with E-state index in [0.717, 1.165) is 0 Å². The topological polar surface area (TPSA) is 75.7 Å². The van der Waals surface area contributed by atoms with Crippen molar-refractivity contribution < 1.29 is 17.9 Å². The zero-order chi connectivity index (χ0) is 12.9. The Morgan fingerprint density at radius 2 is 2.00 bits per heavy atom. The van der Waals surface area contributed by atoms with E-state index in [0.29, 0.717) is 39.1 Å². The molecule has 1 fully saturated rings. The van der Waals surface area contributed by atoms with Crippen LogP contribution < -0.4 is 5.32 Å². The van der Waals surface area contributed by atoms with Gasteiger partial charge in [-0.05, 0) is 12.8 Å². The highest BCUT2D eigenvalue weighted by Gasteiger charge is 2.28. The Kier molecular flexibility index (Phi) is 5.35. The molecule has 1 N–H and O–H groups in total. The van der Waals surface area contributed by atoms with Gasteiger partial charge < -0.3 is 10.1 Å². The quantitative estimate of drug-likeness (QED) is 0.674. The number of methoxy groups -OCH3 is 1. The van der Waals surface area contributed by atoms with Gasteiger partial charge in [-0.25, -0.2) is 12.7 Å². The lowest BCUT2D eigenvalue weighted by atomic mass is 9.97. The fourth-order valence-electron chi connectivity index (χ4n) is 1.87. The first-order valence-electron chi connectivity index (χ1n) is 5.67. The Morgan fingerprint density at radius 3 is 2.47 bits per heavy atom. The van der Waals surface area contributed by atoms with E-state index < -0.39 is 10.0 Å². The predicted molar refractivity (Wildman–Crippen MR) is 64.0 cm³/mol. The highest BCUT2D eigenvalue weighted by molar-refractivity contribution is 7.88. The average Bonchev–Trinajstić information content (AvgIpc) is 2.28. The Hall–Kier alpha value is -0.660. The second-order valence-electron chi connectivity index (χ2n) is 4.22. The average molecular weight is 264 g/mol. The van der Waals surface area contributed by atoms with Gasteiger partial charge in [-0.3, -0.25) is 4.79 Å². The van der Waals surface area contributed by atoms with Crippen LogP contribution in [0.2, 0.25) is 0 Å². The number of sulfonamides is 1. The summed E-state index contributed by atoms with van der Waals surface area (Å²) in [5, 5.41) is 2.77. The largest absolute Gasteiger partial charge is 0.383 e. The third kappa shape index (κ3) is 4.61. The second-order valence-corrected chi connectivity index (χ2v) is 6.20. The van der Waals surface area contributed by atoms with Crippen molar-refractivity contribution in [1.82, 2.24) is 9.62 Å². The summed E-state index contributed by atoms with van der Waals surface area (Å²) in [5.41, 5.74) is 0. The molecule has 1 amide bonds. The highest BCUT2D eigenvalue weighted by atomic mass is 32.2. The number of ether oxygens (including phenoxy) is 1. The zero-order valence-electron chi connectivity index (χ0n) is 10.3. The SMILES string of the molecule is COCCNC(=O)C1CCN(S(C)(=O)=O)CC1. The lowest BCUT2D eigenvalue weighted by Crippen LogP contribution is -2.43. The van der Waals surface area contributed by atoms with Crippen LogP contribution in [0, 0.1) is 5.92 Å². The van der Waals surface area contributed by atoms with E-state index in [4.69, 9.17) is 4.74 Å². The summed E-state index contributed by atoms with van der Waals surface area (Å²) in [6.07, 6.45) is 2.38. The molecule has 0 bridgehead atoms. The normalized spacial score (nSPS) is 19.2. The smallest absolute Gasteiger partial charge is 0.223 e. The first-order chi connectivity index (χ1) is 7.95. The molecule has 6 nitrogen and oxygen atoms in total. The summed E-state index contributed by atoms with van der Waals surface area (Å²) in [6, 6.07) is 0. The number of piperidine rings is 1. The maximum absolute atomic E-state index is 11.7. The van der Waals surface area contributed by atoms with E-state index in [1.165, 1.54) is 10.6 Å². The molecule has 0 spiro atoms. The van der Waals surface area contributed by atoms with Gasteiger partial charge in [0.05, 0.1) is 12.9 Å². The van der Waals surface area contributed by atoms with Crippen molar-refractivity contribution in [3.8, 4) is 0 Å². The van der Waals surface area contributed by atoms with Gasteiger partial charge in [-0.1, -0.05) is 0 Å². The van der Waals surface area contributed by atoms with E-state index in [1.807, 2.05) is 0 Å². The molecule has 1 aliphatic rings. The van der Waals surface area contributed by atoms with Crippen LogP contribution in [0.1, 0.15) is 12.8 Å². The van der Waals surface area contributed by atoms with Crippen molar-refractivity contribution in [3.05, 3.63) is 0 Å². The number of nitrogens with zero attached hydrogens (tertiary/aromatic N) is 1. The number of amides is 1. The third-order valence-corrected chi connectivity index (χ3v) is 4.20. The molecule has 1 rings (SSSR count). The first-order valence-corrected chi connectivity index (χ1v) is 7.51. The molecular formula is C10H20N2O4S. The molecule has 17 heavy (non-hydrogen) atoms. The molecule has 0 aromatic heterocycles. The van der Waals surface area contributed by atoms with Gasteiger partial charge in [0, 0.05) is 32.7 Å². The third-order valence-electron chi connectivity index (χ3n) is 2.90. The summed E-state index contributed by atoms with van der Waals surface area (Å²) in [7, 11) is -1.53. The molecule has 0 saturated carbocycles. The van der Waals surface area contributed by atoms with Crippen LogP contribution in [0.4, 0.5) is 0 Å². The molecule has 0 radical (unpaired) electrons. The van der Waals surface area contributed by atoms with Crippen LogP contribution in [0.5, 0.6) is 0 Å². The molecule has 0 aliphatic carbocycles. The zero-order valence-corrected chi connectivity index (χ0v) is 11.1. The summed E-state index contributed by atoms with van der Waals surface area (Å²) in [5.74, 6) is -0.0833. The molecule has 0 unspecified atom stereocenters. The highest BCUT2D eigenvalue weighted by Crippen LogP contribution is 2.18. The molecule has 0 aromatic carbocycles. The van der Waals surface area contributed by atoms with Gasteiger partial charge in [-0.15, -0.1) is 0 Å². The monoisotopic (exact) mass is 264 g/mol. The summed E-state index contributed by atoms with van der Waals surface area (Å²) < 4.78 is 28.8. The summed E-state index contributed by atoms with van der Waals surface area (Å²) >= 11 is 0. The Morgan fingerprint density at radius 1 is 1.41 bits per heavy atom. The Bertz CT molecular complexity index is 347. The van der Waals surface area contributed by atoms with Crippen molar-refractivity contribution in [2.24, 2.45) is 5.92 Å².